The molecule has 6 nitrogen and oxygen atoms in total. The van der Waals surface area contributed by atoms with Gasteiger partial charge in [0, 0.05) is 10.6 Å². The highest BCUT2D eigenvalue weighted by Gasteiger charge is 2.25. The molecule has 0 saturated carbocycles. The zero-order valence-corrected chi connectivity index (χ0v) is 13.0. The fraction of sp³-hybridized carbons (Fsp3) is 0. The third kappa shape index (κ3) is 3.10. The first-order chi connectivity index (χ1) is 11.1. The van der Waals surface area contributed by atoms with Gasteiger partial charge in [-0.3, -0.25) is 10.1 Å². The first-order valence-corrected chi connectivity index (χ1v) is 7.66. The Kier molecular flexibility index (Phi) is 4.14. The Balaban J connectivity index is 1.94. The van der Waals surface area contributed by atoms with Crippen LogP contribution in [0.25, 0.3) is 10.6 Å². The molecule has 0 aliphatic rings. The number of nitrogens with one attached hydrogen (secondary N) is 1. The zero-order chi connectivity index (χ0) is 16.4. The molecule has 8 heteroatoms. The molecule has 0 atom stereocenters. The van der Waals surface area contributed by atoms with Crippen LogP contribution in [0.3, 0.4) is 0 Å². The summed E-state index contributed by atoms with van der Waals surface area (Å²) in [6, 6.07) is 9.76. The number of hydrogen-bond donors (Lipinski definition) is 2. The van der Waals surface area contributed by atoms with E-state index < -0.39 is 11.9 Å². The van der Waals surface area contributed by atoms with Crippen LogP contribution < -0.4 is 5.32 Å². The lowest BCUT2D eigenvalue weighted by molar-refractivity contribution is 0.0698. The van der Waals surface area contributed by atoms with Gasteiger partial charge >= 0.3 is 5.97 Å². The SMILES string of the molecule is O=C(Nc1onc(-c2cccs2)c1C(=O)O)c1cccc(Cl)c1. The van der Waals surface area contributed by atoms with E-state index in [0.717, 1.165) is 0 Å². The highest BCUT2D eigenvalue weighted by molar-refractivity contribution is 7.13. The Morgan fingerprint density at radius 3 is 2.74 bits per heavy atom. The van der Waals surface area contributed by atoms with Crippen LogP contribution in [0.15, 0.2) is 46.3 Å². The van der Waals surface area contributed by atoms with E-state index >= 15 is 0 Å². The summed E-state index contributed by atoms with van der Waals surface area (Å²) in [5.41, 5.74) is 0.264. The van der Waals surface area contributed by atoms with Gasteiger partial charge in [0.2, 0.25) is 5.88 Å². The minimum absolute atomic E-state index is 0.175. The molecule has 0 unspecified atom stereocenters. The second-order valence-electron chi connectivity index (χ2n) is 4.48. The molecular weight excluding hydrogens is 340 g/mol. The Morgan fingerprint density at radius 2 is 2.09 bits per heavy atom. The molecule has 0 aliphatic carbocycles. The molecule has 0 radical (unpaired) electrons. The van der Waals surface area contributed by atoms with Gasteiger partial charge in [-0.25, -0.2) is 4.79 Å². The molecule has 1 amide bonds. The van der Waals surface area contributed by atoms with Gasteiger partial charge in [-0.05, 0) is 29.6 Å². The number of anilines is 1. The number of aromatic nitrogens is 1. The van der Waals surface area contributed by atoms with E-state index in [1.807, 2.05) is 0 Å². The van der Waals surface area contributed by atoms with Gasteiger partial charge in [0.15, 0.2) is 5.56 Å². The van der Waals surface area contributed by atoms with Crippen LogP contribution in [0.2, 0.25) is 5.02 Å². The van der Waals surface area contributed by atoms with Gasteiger partial charge in [-0.15, -0.1) is 11.3 Å². The quantitative estimate of drug-likeness (QED) is 0.743. The molecule has 0 aliphatic heterocycles. The number of carbonyl (C=O) groups excluding carboxylic acids is 1. The third-order valence-corrected chi connectivity index (χ3v) is 4.09. The molecule has 2 heterocycles. The van der Waals surface area contributed by atoms with Crippen molar-refractivity contribution < 1.29 is 19.2 Å². The highest BCUT2D eigenvalue weighted by atomic mass is 35.5. The molecule has 23 heavy (non-hydrogen) atoms. The van der Waals surface area contributed by atoms with Crippen molar-refractivity contribution in [2.75, 3.05) is 5.32 Å². The molecular formula is C15H9ClN2O4S. The summed E-state index contributed by atoms with van der Waals surface area (Å²) in [7, 11) is 0. The van der Waals surface area contributed by atoms with Gasteiger partial charge in [-0.2, -0.15) is 0 Å². The van der Waals surface area contributed by atoms with E-state index in [2.05, 4.69) is 10.5 Å². The predicted octanol–water partition coefficient (Wildman–Crippen LogP) is 4.01. The van der Waals surface area contributed by atoms with Gasteiger partial charge in [-0.1, -0.05) is 28.9 Å². The standard InChI is InChI=1S/C15H9ClN2O4S/c16-9-4-1-3-8(7-9)13(19)17-14-11(15(20)21)12(18-22-14)10-5-2-6-23-10/h1-7H,(H,17,19)(H,20,21). The summed E-state index contributed by atoms with van der Waals surface area (Å²) < 4.78 is 5.01. The number of halogens is 1. The second-order valence-corrected chi connectivity index (χ2v) is 5.87. The summed E-state index contributed by atoms with van der Waals surface area (Å²) >= 11 is 7.16. The summed E-state index contributed by atoms with van der Waals surface area (Å²) in [5, 5.41) is 17.8. The minimum atomic E-state index is -1.24. The van der Waals surface area contributed by atoms with Gasteiger partial charge in [0.25, 0.3) is 5.91 Å². The maximum atomic E-state index is 12.2. The van der Waals surface area contributed by atoms with Crippen LogP contribution in [-0.2, 0) is 0 Å². The summed E-state index contributed by atoms with van der Waals surface area (Å²) in [6.07, 6.45) is 0. The van der Waals surface area contributed by atoms with E-state index in [4.69, 9.17) is 16.1 Å². The van der Waals surface area contributed by atoms with Crippen molar-refractivity contribution >= 4 is 40.7 Å². The van der Waals surface area contributed by atoms with Crippen LogP contribution >= 0.6 is 22.9 Å². The molecule has 0 spiro atoms. The molecule has 1 aromatic carbocycles. The minimum Gasteiger partial charge on any atom is -0.477 e. The van der Waals surface area contributed by atoms with Gasteiger partial charge < -0.3 is 9.63 Å². The van der Waals surface area contributed by atoms with Crippen molar-refractivity contribution in [3.8, 4) is 10.6 Å². The number of thiophene rings is 1. The van der Waals surface area contributed by atoms with Crippen molar-refractivity contribution in [1.29, 1.82) is 0 Å². The Labute approximate surface area is 139 Å². The van der Waals surface area contributed by atoms with Gasteiger partial charge in [0.1, 0.15) is 5.69 Å². The Hall–Kier alpha value is -2.64. The molecule has 0 bridgehead atoms. The maximum absolute atomic E-state index is 12.2. The molecule has 3 rings (SSSR count). The number of amides is 1. The average molecular weight is 349 g/mol. The molecule has 0 saturated heterocycles. The average Bonchev–Trinajstić information content (AvgIpc) is 3.15. The Morgan fingerprint density at radius 1 is 1.26 bits per heavy atom. The van der Waals surface area contributed by atoms with Crippen LogP contribution in [0, 0.1) is 0 Å². The van der Waals surface area contributed by atoms with E-state index in [1.165, 1.54) is 17.4 Å². The molecule has 2 N–H and O–H groups in total. The number of hydrogen-bond acceptors (Lipinski definition) is 5. The van der Waals surface area contributed by atoms with Crippen molar-refractivity contribution in [2.45, 2.75) is 0 Å². The van der Waals surface area contributed by atoms with E-state index in [0.29, 0.717) is 9.90 Å². The number of rotatable bonds is 4. The lowest BCUT2D eigenvalue weighted by Gasteiger charge is -2.03. The monoisotopic (exact) mass is 348 g/mol. The fourth-order valence-corrected chi connectivity index (χ4v) is 2.86. The zero-order valence-electron chi connectivity index (χ0n) is 11.4. The summed E-state index contributed by atoms with van der Waals surface area (Å²) in [5.74, 6) is -1.99. The Bertz CT molecular complexity index is 873. The number of carboxylic acid groups (broad SMARTS) is 1. The molecule has 116 valence electrons. The number of carboxylic acids is 1. The normalized spacial score (nSPS) is 10.5. The maximum Gasteiger partial charge on any atom is 0.343 e. The molecule has 3 aromatic rings. The summed E-state index contributed by atoms with van der Waals surface area (Å²) in [6.45, 7) is 0. The van der Waals surface area contributed by atoms with Crippen LogP contribution in [-0.4, -0.2) is 22.1 Å². The fourth-order valence-electron chi connectivity index (χ4n) is 1.96. The number of benzene rings is 1. The van der Waals surface area contributed by atoms with Crippen molar-refractivity contribution in [3.05, 3.63) is 57.9 Å². The largest absolute Gasteiger partial charge is 0.477 e. The molecule has 2 aromatic heterocycles. The van der Waals surface area contributed by atoms with Crippen LogP contribution in [0.5, 0.6) is 0 Å². The first kappa shape index (κ1) is 15.3. The van der Waals surface area contributed by atoms with E-state index in [9.17, 15) is 14.7 Å². The van der Waals surface area contributed by atoms with E-state index in [1.54, 1.807) is 35.7 Å². The second kappa shape index (κ2) is 6.23. The van der Waals surface area contributed by atoms with Crippen molar-refractivity contribution in [2.24, 2.45) is 0 Å². The summed E-state index contributed by atoms with van der Waals surface area (Å²) in [4.78, 5) is 24.3. The highest BCUT2D eigenvalue weighted by Crippen LogP contribution is 2.32. The van der Waals surface area contributed by atoms with Crippen LogP contribution in [0.1, 0.15) is 20.7 Å². The first-order valence-electron chi connectivity index (χ1n) is 6.40. The number of carbonyl (C=O) groups is 2. The molecule has 0 fully saturated rings. The predicted molar refractivity (Wildman–Crippen MR) is 86.2 cm³/mol. The number of aromatic carboxylic acids is 1. The third-order valence-electron chi connectivity index (χ3n) is 2.97. The lowest BCUT2D eigenvalue weighted by atomic mass is 10.2. The van der Waals surface area contributed by atoms with Crippen molar-refractivity contribution in [3.63, 3.8) is 0 Å². The van der Waals surface area contributed by atoms with E-state index in [-0.39, 0.29) is 22.7 Å². The van der Waals surface area contributed by atoms with Crippen LogP contribution in [0.4, 0.5) is 5.88 Å². The topological polar surface area (TPSA) is 92.4 Å². The van der Waals surface area contributed by atoms with Gasteiger partial charge in [0.05, 0.1) is 4.88 Å². The lowest BCUT2D eigenvalue weighted by Crippen LogP contribution is -2.13. The van der Waals surface area contributed by atoms with Crippen molar-refractivity contribution in [1.82, 2.24) is 5.16 Å². The smallest absolute Gasteiger partial charge is 0.343 e. The number of nitrogens with zero attached hydrogens (tertiary/aromatic N) is 1.